The van der Waals surface area contributed by atoms with Crippen LogP contribution < -0.4 is 10.5 Å². The van der Waals surface area contributed by atoms with E-state index in [0.29, 0.717) is 24.3 Å². The van der Waals surface area contributed by atoms with E-state index in [1.165, 1.54) is 17.1 Å². The van der Waals surface area contributed by atoms with E-state index in [4.69, 9.17) is 10.5 Å². The van der Waals surface area contributed by atoms with Gasteiger partial charge in [0, 0.05) is 6.04 Å². The Labute approximate surface area is 117 Å². The third-order valence-corrected chi connectivity index (χ3v) is 3.31. The standard InChI is InChI=1S/C12H19F2N3O.ClH/c13-12(14)7-17-6-11(5-16-17)18-8-9-1-3-10(15)4-2-9;/h5-6,9-10,12H,1-4,7-8,15H2;1H. The minimum atomic E-state index is -2.39. The van der Waals surface area contributed by atoms with Crippen molar-refractivity contribution in [1.29, 1.82) is 0 Å². The largest absolute Gasteiger partial charge is 0.490 e. The Morgan fingerprint density at radius 3 is 2.68 bits per heavy atom. The average molecular weight is 296 g/mol. The molecule has 1 saturated carbocycles. The quantitative estimate of drug-likeness (QED) is 0.908. The molecule has 0 aromatic carbocycles. The Morgan fingerprint density at radius 1 is 1.37 bits per heavy atom. The van der Waals surface area contributed by atoms with Gasteiger partial charge in [0.2, 0.25) is 0 Å². The Kier molecular flexibility index (Phi) is 6.51. The van der Waals surface area contributed by atoms with E-state index in [2.05, 4.69) is 5.10 Å². The summed E-state index contributed by atoms with van der Waals surface area (Å²) >= 11 is 0. The molecule has 2 rings (SSSR count). The SMILES string of the molecule is Cl.NC1CCC(COc2cnn(CC(F)F)c2)CC1. The number of alkyl halides is 2. The van der Waals surface area contributed by atoms with Gasteiger partial charge in [-0.1, -0.05) is 0 Å². The molecule has 0 amide bonds. The highest BCUT2D eigenvalue weighted by Crippen LogP contribution is 2.24. The minimum absolute atomic E-state index is 0. The van der Waals surface area contributed by atoms with Gasteiger partial charge in [0.05, 0.1) is 19.0 Å². The molecule has 1 aliphatic rings. The molecule has 19 heavy (non-hydrogen) atoms. The van der Waals surface area contributed by atoms with Crippen molar-refractivity contribution in [3.8, 4) is 5.75 Å². The molecule has 7 heteroatoms. The van der Waals surface area contributed by atoms with Gasteiger partial charge in [-0.25, -0.2) is 8.78 Å². The topological polar surface area (TPSA) is 53.1 Å². The number of hydrogen-bond acceptors (Lipinski definition) is 3. The number of rotatable bonds is 5. The number of aromatic nitrogens is 2. The van der Waals surface area contributed by atoms with Crippen molar-refractivity contribution < 1.29 is 13.5 Å². The average Bonchev–Trinajstić information content (AvgIpc) is 2.75. The molecule has 0 unspecified atom stereocenters. The fraction of sp³-hybridized carbons (Fsp3) is 0.750. The molecule has 110 valence electrons. The number of ether oxygens (including phenoxy) is 1. The van der Waals surface area contributed by atoms with Crippen LogP contribution in [-0.2, 0) is 6.54 Å². The molecular weight excluding hydrogens is 276 g/mol. The van der Waals surface area contributed by atoms with Crippen LogP contribution in [-0.4, -0.2) is 28.9 Å². The highest BCUT2D eigenvalue weighted by Gasteiger charge is 2.19. The lowest BCUT2D eigenvalue weighted by Gasteiger charge is -2.25. The second-order valence-corrected chi connectivity index (χ2v) is 4.88. The van der Waals surface area contributed by atoms with E-state index >= 15 is 0 Å². The first kappa shape index (κ1) is 16.2. The predicted octanol–water partition coefficient (Wildman–Crippen LogP) is 2.47. The lowest BCUT2D eigenvalue weighted by Crippen LogP contribution is -2.28. The fourth-order valence-electron chi connectivity index (χ4n) is 2.23. The zero-order chi connectivity index (χ0) is 13.0. The third-order valence-electron chi connectivity index (χ3n) is 3.31. The summed E-state index contributed by atoms with van der Waals surface area (Å²) in [5.74, 6) is 1.08. The van der Waals surface area contributed by atoms with Gasteiger partial charge in [0.1, 0.15) is 6.54 Å². The summed E-state index contributed by atoms with van der Waals surface area (Å²) in [6.45, 7) is 0.231. The molecule has 2 N–H and O–H groups in total. The Balaban J connectivity index is 0.00000180. The summed E-state index contributed by atoms with van der Waals surface area (Å²) in [5.41, 5.74) is 5.83. The highest BCUT2D eigenvalue weighted by atomic mass is 35.5. The van der Waals surface area contributed by atoms with Gasteiger partial charge in [-0.05, 0) is 31.6 Å². The molecule has 1 aromatic heterocycles. The van der Waals surface area contributed by atoms with E-state index in [-0.39, 0.29) is 19.0 Å². The lowest BCUT2D eigenvalue weighted by atomic mass is 9.87. The molecule has 0 saturated heterocycles. The maximum absolute atomic E-state index is 12.1. The van der Waals surface area contributed by atoms with Gasteiger partial charge in [-0.3, -0.25) is 4.68 Å². The van der Waals surface area contributed by atoms with E-state index in [9.17, 15) is 8.78 Å². The number of hydrogen-bond donors (Lipinski definition) is 1. The van der Waals surface area contributed by atoms with Crippen molar-refractivity contribution in [3.05, 3.63) is 12.4 Å². The van der Waals surface area contributed by atoms with Crippen molar-refractivity contribution in [2.75, 3.05) is 6.61 Å². The van der Waals surface area contributed by atoms with Crippen molar-refractivity contribution >= 4 is 12.4 Å². The number of nitrogens with zero attached hydrogens (tertiary/aromatic N) is 2. The lowest BCUT2D eigenvalue weighted by molar-refractivity contribution is 0.121. The van der Waals surface area contributed by atoms with Crippen LogP contribution >= 0.6 is 12.4 Å². The van der Waals surface area contributed by atoms with Crippen LogP contribution in [0.2, 0.25) is 0 Å². The highest BCUT2D eigenvalue weighted by molar-refractivity contribution is 5.85. The van der Waals surface area contributed by atoms with Gasteiger partial charge in [-0.15, -0.1) is 12.4 Å². The van der Waals surface area contributed by atoms with E-state index in [1.807, 2.05) is 0 Å². The maximum Gasteiger partial charge on any atom is 0.257 e. The van der Waals surface area contributed by atoms with Crippen molar-refractivity contribution in [1.82, 2.24) is 9.78 Å². The van der Waals surface area contributed by atoms with E-state index < -0.39 is 6.43 Å². The van der Waals surface area contributed by atoms with Crippen LogP contribution in [0.3, 0.4) is 0 Å². The Hall–Kier alpha value is -0.880. The summed E-state index contributed by atoms with van der Waals surface area (Å²) in [7, 11) is 0. The molecule has 1 aromatic rings. The molecular formula is C12H20ClF2N3O. The second kappa shape index (κ2) is 7.65. The summed E-state index contributed by atoms with van der Waals surface area (Å²) in [4.78, 5) is 0. The maximum atomic E-state index is 12.1. The van der Waals surface area contributed by atoms with Crippen LogP contribution in [0.4, 0.5) is 8.78 Å². The summed E-state index contributed by atoms with van der Waals surface area (Å²) in [6, 6.07) is 0.329. The van der Waals surface area contributed by atoms with Crippen LogP contribution in [0.1, 0.15) is 25.7 Å². The van der Waals surface area contributed by atoms with E-state index in [0.717, 1.165) is 25.7 Å². The normalized spacial score (nSPS) is 23.2. The summed E-state index contributed by atoms with van der Waals surface area (Å²) in [6.07, 6.45) is 4.84. The third kappa shape index (κ3) is 5.32. The molecule has 0 spiro atoms. The molecule has 1 heterocycles. The van der Waals surface area contributed by atoms with Crippen LogP contribution in [0, 0.1) is 5.92 Å². The van der Waals surface area contributed by atoms with Crippen molar-refractivity contribution in [2.24, 2.45) is 11.7 Å². The van der Waals surface area contributed by atoms with Gasteiger partial charge < -0.3 is 10.5 Å². The van der Waals surface area contributed by atoms with Crippen molar-refractivity contribution in [2.45, 2.75) is 44.7 Å². The monoisotopic (exact) mass is 295 g/mol. The zero-order valence-electron chi connectivity index (χ0n) is 10.7. The van der Waals surface area contributed by atoms with Crippen molar-refractivity contribution in [3.63, 3.8) is 0 Å². The molecule has 0 atom stereocenters. The van der Waals surface area contributed by atoms with Crippen LogP contribution in [0.15, 0.2) is 12.4 Å². The van der Waals surface area contributed by atoms with Crippen LogP contribution in [0.25, 0.3) is 0 Å². The fourth-order valence-corrected chi connectivity index (χ4v) is 2.23. The Bertz CT molecular complexity index is 368. The molecule has 0 bridgehead atoms. The smallest absolute Gasteiger partial charge is 0.257 e. The molecule has 0 radical (unpaired) electrons. The minimum Gasteiger partial charge on any atom is -0.490 e. The van der Waals surface area contributed by atoms with Gasteiger partial charge in [0.15, 0.2) is 5.75 Å². The first-order valence-corrected chi connectivity index (χ1v) is 6.32. The van der Waals surface area contributed by atoms with Crippen LogP contribution in [0.5, 0.6) is 5.75 Å². The zero-order valence-corrected chi connectivity index (χ0v) is 11.5. The number of halogens is 3. The van der Waals surface area contributed by atoms with E-state index in [1.54, 1.807) is 0 Å². The molecule has 1 fully saturated rings. The Morgan fingerprint density at radius 2 is 2.05 bits per heavy atom. The predicted molar refractivity (Wildman–Crippen MR) is 70.9 cm³/mol. The van der Waals surface area contributed by atoms with Gasteiger partial charge in [-0.2, -0.15) is 5.10 Å². The first-order chi connectivity index (χ1) is 8.63. The first-order valence-electron chi connectivity index (χ1n) is 6.32. The summed E-state index contributed by atoms with van der Waals surface area (Å²) < 4.78 is 31.0. The molecule has 1 aliphatic carbocycles. The summed E-state index contributed by atoms with van der Waals surface area (Å²) in [5, 5.41) is 3.82. The number of nitrogens with two attached hydrogens (primary N) is 1. The molecule has 0 aliphatic heterocycles. The second-order valence-electron chi connectivity index (χ2n) is 4.88. The van der Waals surface area contributed by atoms with Gasteiger partial charge in [0.25, 0.3) is 6.43 Å². The van der Waals surface area contributed by atoms with Gasteiger partial charge >= 0.3 is 0 Å². The molecule has 4 nitrogen and oxygen atoms in total.